The van der Waals surface area contributed by atoms with Gasteiger partial charge in [-0.1, -0.05) is 6.08 Å². The summed E-state index contributed by atoms with van der Waals surface area (Å²) >= 11 is 0. The Kier molecular flexibility index (Phi) is 6.01. The highest BCUT2D eigenvalue weighted by molar-refractivity contribution is 5.80. The molecule has 4 N–H and O–H groups in total. The van der Waals surface area contributed by atoms with E-state index in [2.05, 4.69) is 44.4 Å². The highest BCUT2D eigenvalue weighted by Gasteiger charge is 2.37. The summed E-state index contributed by atoms with van der Waals surface area (Å²) in [5.74, 6) is 1.26. The normalized spacial score (nSPS) is 27.4. The molecule has 166 valence electrons. The second-order valence-corrected chi connectivity index (χ2v) is 9.28. The van der Waals surface area contributed by atoms with E-state index in [4.69, 9.17) is 0 Å². The van der Waals surface area contributed by atoms with Crippen LogP contribution in [0.4, 0.5) is 10.1 Å². The Hall–Kier alpha value is -2.31. The van der Waals surface area contributed by atoms with Crippen molar-refractivity contribution >= 4 is 11.4 Å². The van der Waals surface area contributed by atoms with Crippen molar-refractivity contribution in [1.82, 2.24) is 20.9 Å². The van der Waals surface area contributed by atoms with E-state index in [0.29, 0.717) is 5.92 Å². The zero-order valence-corrected chi connectivity index (χ0v) is 18.4. The van der Waals surface area contributed by atoms with Crippen molar-refractivity contribution in [2.24, 2.45) is 11.8 Å². The first-order chi connectivity index (χ1) is 15.2. The highest BCUT2D eigenvalue weighted by atomic mass is 19.1. The number of benzene rings is 1. The van der Waals surface area contributed by atoms with Crippen molar-refractivity contribution in [2.75, 3.05) is 51.6 Å². The van der Waals surface area contributed by atoms with Gasteiger partial charge in [-0.05, 0) is 93.7 Å². The van der Waals surface area contributed by atoms with Crippen LogP contribution < -0.4 is 21.3 Å². The molecule has 0 spiro atoms. The van der Waals surface area contributed by atoms with E-state index in [-0.39, 0.29) is 11.9 Å². The minimum absolute atomic E-state index is 0.122. The molecule has 0 amide bonds. The van der Waals surface area contributed by atoms with Crippen LogP contribution in [0.5, 0.6) is 0 Å². The van der Waals surface area contributed by atoms with Crippen LogP contribution in [0.3, 0.4) is 0 Å². The zero-order chi connectivity index (χ0) is 21.2. The number of nitrogens with zero attached hydrogens (tertiary/aromatic N) is 1. The van der Waals surface area contributed by atoms with Crippen LogP contribution >= 0.6 is 0 Å². The van der Waals surface area contributed by atoms with Crippen molar-refractivity contribution < 1.29 is 4.39 Å². The van der Waals surface area contributed by atoms with Crippen molar-refractivity contribution in [3.8, 4) is 0 Å². The lowest BCUT2D eigenvalue weighted by molar-refractivity contribution is 0.318. The Morgan fingerprint density at radius 3 is 2.90 bits per heavy atom. The molecule has 5 rings (SSSR count). The van der Waals surface area contributed by atoms with Crippen LogP contribution in [0.2, 0.25) is 0 Å². The fraction of sp³-hybridized carbons (Fsp3) is 0.520. The van der Waals surface area contributed by atoms with Gasteiger partial charge < -0.3 is 26.2 Å². The summed E-state index contributed by atoms with van der Waals surface area (Å²) in [6, 6.07) is 5.27. The van der Waals surface area contributed by atoms with Crippen molar-refractivity contribution in [3.05, 3.63) is 59.1 Å². The summed E-state index contributed by atoms with van der Waals surface area (Å²) < 4.78 is 14.2. The average molecular weight is 424 g/mol. The number of likely N-dealkylation sites (tertiary alicyclic amines) is 1. The molecule has 0 aliphatic carbocycles. The van der Waals surface area contributed by atoms with Gasteiger partial charge in [0.05, 0.1) is 6.04 Å². The quantitative estimate of drug-likeness (QED) is 0.530. The van der Waals surface area contributed by atoms with Crippen molar-refractivity contribution in [3.63, 3.8) is 0 Å². The van der Waals surface area contributed by atoms with E-state index in [9.17, 15) is 4.39 Å². The van der Waals surface area contributed by atoms with Crippen LogP contribution in [0, 0.1) is 17.7 Å². The molecule has 2 fully saturated rings. The maximum atomic E-state index is 14.2. The Bertz CT molecular complexity index is 891. The third kappa shape index (κ3) is 4.37. The summed E-state index contributed by atoms with van der Waals surface area (Å²) in [5, 5.41) is 14.0. The van der Waals surface area contributed by atoms with Gasteiger partial charge in [0.15, 0.2) is 0 Å². The van der Waals surface area contributed by atoms with Crippen molar-refractivity contribution in [1.29, 1.82) is 0 Å². The minimum atomic E-state index is -0.170. The number of halogens is 1. The van der Waals surface area contributed by atoms with E-state index in [0.717, 1.165) is 69.3 Å². The lowest BCUT2D eigenvalue weighted by Crippen LogP contribution is -2.35. The number of piperidine rings is 1. The number of dihydropyridines is 1. The Labute approximate surface area is 184 Å². The van der Waals surface area contributed by atoms with E-state index >= 15 is 0 Å². The predicted molar refractivity (Wildman–Crippen MR) is 125 cm³/mol. The largest absolute Gasteiger partial charge is 0.384 e. The molecule has 4 aliphatic heterocycles. The standard InChI is InChI=1S/C25H34FN5/c1-27-9-2-3-21-6-4-17(14-29-21)24-12-25(22-11-20(26)5-7-23(22)30-24)31-15-18-8-10-28-13-19(18)16-31/h4-7,11-12,18-19,24,27-30H,2-3,8-10,13-16H2,1H3. The van der Waals surface area contributed by atoms with Crippen LogP contribution in [0.25, 0.3) is 5.70 Å². The summed E-state index contributed by atoms with van der Waals surface area (Å²) in [5.41, 5.74) is 5.84. The first-order valence-corrected chi connectivity index (χ1v) is 11.7. The molecule has 1 aromatic carbocycles. The van der Waals surface area contributed by atoms with Gasteiger partial charge in [0.1, 0.15) is 5.82 Å². The molecule has 0 radical (unpaired) electrons. The van der Waals surface area contributed by atoms with Crippen LogP contribution in [-0.4, -0.2) is 57.3 Å². The molecule has 0 bridgehead atoms. The van der Waals surface area contributed by atoms with Gasteiger partial charge in [-0.2, -0.15) is 0 Å². The van der Waals surface area contributed by atoms with E-state index in [1.807, 2.05) is 13.1 Å². The van der Waals surface area contributed by atoms with Gasteiger partial charge in [-0.25, -0.2) is 4.39 Å². The van der Waals surface area contributed by atoms with E-state index in [1.165, 1.54) is 23.4 Å². The Morgan fingerprint density at radius 2 is 2.10 bits per heavy atom. The summed E-state index contributed by atoms with van der Waals surface area (Å²) in [6.07, 6.45) is 10.2. The summed E-state index contributed by atoms with van der Waals surface area (Å²) in [4.78, 5) is 2.50. The Morgan fingerprint density at radius 1 is 1.19 bits per heavy atom. The van der Waals surface area contributed by atoms with Gasteiger partial charge in [0.2, 0.25) is 0 Å². The van der Waals surface area contributed by atoms with Gasteiger partial charge in [-0.3, -0.25) is 0 Å². The third-order valence-electron chi connectivity index (χ3n) is 7.20. The molecule has 0 aromatic heterocycles. The number of anilines is 1. The van der Waals surface area contributed by atoms with E-state index < -0.39 is 0 Å². The first-order valence-electron chi connectivity index (χ1n) is 11.7. The molecule has 1 aromatic rings. The Balaban J connectivity index is 1.40. The molecular formula is C25H34FN5. The van der Waals surface area contributed by atoms with Gasteiger partial charge in [-0.15, -0.1) is 0 Å². The fourth-order valence-electron chi connectivity index (χ4n) is 5.44. The second-order valence-electron chi connectivity index (χ2n) is 9.28. The fourth-order valence-corrected chi connectivity index (χ4v) is 5.44. The number of rotatable bonds is 6. The first kappa shape index (κ1) is 20.6. The molecular weight excluding hydrogens is 389 g/mol. The number of hydrogen-bond donors (Lipinski definition) is 4. The second kappa shape index (κ2) is 9.05. The maximum Gasteiger partial charge on any atom is 0.124 e. The molecule has 4 aliphatic rings. The molecule has 3 atom stereocenters. The molecule has 5 nitrogen and oxygen atoms in total. The van der Waals surface area contributed by atoms with Crippen LogP contribution in [-0.2, 0) is 0 Å². The molecule has 6 heteroatoms. The highest BCUT2D eigenvalue weighted by Crippen LogP contribution is 2.39. The maximum absolute atomic E-state index is 14.2. The summed E-state index contributed by atoms with van der Waals surface area (Å²) in [7, 11) is 1.99. The topological polar surface area (TPSA) is 51.4 Å². The van der Waals surface area contributed by atoms with Gasteiger partial charge in [0, 0.05) is 42.3 Å². The molecule has 0 saturated carbocycles. The van der Waals surface area contributed by atoms with Crippen LogP contribution in [0.1, 0.15) is 24.8 Å². The number of nitrogens with one attached hydrogen (secondary N) is 4. The monoisotopic (exact) mass is 423 g/mol. The number of fused-ring (bicyclic) bond motifs is 2. The molecule has 3 unspecified atom stereocenters. The van der Waals surface area contributed by atoms with Crippen molar-refractivity contribution in [2.45, 2.75) is 25.3 Å². The minimum Gasteiger partial charge on any atom is -0.384 e. The van der Waals surface area contributed by atoms with E-state index in [1.54, 1.807) is 12.1 Å². The summed E-state index contributed by atoms with van der Waals surface area (Å²) in [6.45, 7) is 6.23. The average Bonchev–Trinajstić information content (AvgIpc) is 3.23. The van der Waals surface area contributed by atoms with Crippen LogP contribution in [0.15, 0.2) is 47.7 Å². The lowest BCUT2D eigenvalue weighted by atomic mass is 9.90. The number of hydrogen-bond acceptors (Lipinski definition) is 5. The van der Waals surface area contributed by atoms with Gasteiger partial charge >= 0.3 is 0 Å². The predicted octanol–water partition coefficient (Wildman–Crippen LogP) is 2.92. The van der Waals surface area contributed by atoms with Gasteiger partial charge in [0.25, 0.3) is 0 Å². The third-order valence-corrected chi connectivity index (χ3v) is 7.20. The smallest absolute Gasteiger partial charge is 0.124 e. The molecule has 31 heavy (non-hydrogen) atoms. The molecule has 4 heterocycles. The SMILES string of the molecule is CNCCCC1=CC=C(C2C=C(N3CC4CCNCC4C3)c3cc(F)ccc3N2)CN1. The lowest BCUT2D eigenvalue weighted by Gasteiger charge is -2.34. The molecule has 2 saturated heterocycles. The number of allylic oxidation sites excluding steroid dienone is 3. The zero-order valence-electron chi connectivity index (χ0n) is 18.4.